The molecule has 33 heavy (non-hydrogen) atoms. The molecule has 0 spiro atoms. The van der Waals surface area contributed by atoms with Gasteiger partial charge >= 0.3 is 12.4 Å². The Morgan fingerprint density at radius 3 is 2.24 bits per heavy atom. The molecular formula is C20H16F6N4O2S. The highest BCUT2D eigenvalue weighted by molar-refractivity contribution is 7.15. The monoisotopic (exact) mass is 490 g/mol. The summed E-state index contributed by atoms with van der Waals surface area (Å²) in [6.45, 7) is 2.98. The molecule has 2 N–H and O–H groups in total. The number of hydrogen-bond donors (Lipinski definition) is 2. The van der Waals surface area contributed by atoms with Crippen molar-refractivity contribution in [2.45, 2.75) is 32.7 Å². The number of amides is 1. The minimum atomic E-state index is -4.88. The average Bonchev–Trinajstić information content (AvgIpc) is 3.16. The van der Waals surface area contributed by atoms with E-state index in [0.717, 1.165) is 30.3 Å². The fourth-order valence-corrected chi connectivity index (χ4v) is 3.67. The van der Waals surface area contributed by atoms with Crippen molar-refractivity contribution in [1.29, 1.82) is 0 Å². The Morgan fingerprint density at radius 1 is 1.06 bits per heavy atom. The molecule has 13 heteroatoms. The third-order valence-corrected chi connectivity index (χ3v) is 5.40. The number of H-pyrrole nitrogens is 1. The number of aromatic amines is 1. The van der Waals surface area contributed by atoms with Crippen LogP contribution in [0.5, 0.6) is 0 Å². The van der Waals surface area contributed by atoms with Crippen molar-refractivity contribution in [2.24, 2.45) is 5.92 Å². The Bertz CT molecular complexity index is 1210. The van der Waals surface area contributed by atoms with Crippen molar-refractivity contribution in [3.63, 3.8) is 0 Å². The second-order valence-corrected chi connectivity index (χ2v) is 8.29. The molecule has 176 valence electrons. The van der Waals surface area contributed by atoms with Crippen molar-refractivity contribution < 1.29 is 31.1 Å². The molecule has 0 fully saturated rings. The number of carbonyl (C=O) groups excluding carboxylic acids is 1. The van der Waals surface area contributed by atoms with Crippen molar-refractivity contribution in [3.05, 3.63) is 57.0 Å². The number of halogens is 6. The first-order chi connectivity index (χ1) is 15.3. The van der Waals surface area contributed by atoms with Gasteiger partial charge in [0, 0.05) is 17.5 Å². The second kappa shape index (κ2) is 8.96. The van der Waals surface area contributed by atoms with E-state index >= 15 is 0 Å². The van der Waals surface area contributed by atoms with Crippen molar-refractivity contribution in [2.75, 3.05) is 0 Å². The van der Waals surface area contributed by atoms with E-state index in [1.165, 1.54) is 0 Å². The molecule has 0 aliphatic heterocycles. The van der Waals surface area contributed by atoms with Gasteiger partial charge in [0.1, 0.15) is 9.88 Å². The lowest BCUT2D eigenvalue weighted by Gasteiger charge is -2.09. The van der Waals surface area contributed by atoms with Crippen LogP contribution in [0, 0.1) is 5.92 Å². The molecule has 0 saturated heterocycles. The van der Waals surface area contributed by atoms with Gasteiger partial charge in [0.15, 0.2) is 11.5 Å². The van der Waals surface area contributed by atoms with Gasteiger partial charge in [-0.3, -0.25) is 9.59 Å². The molecule has 0 radical (unpaired) electrons. The van der Waals surface area contributed by atoms with Gasteiger partial charge in [-0.2, -0.15) is 26.3 Å². The summed E-state index contributed by atoms with van der Waals surface area (Å²) in [5, 5.41) is 2.40. The summed E-state index contributed by atoms with van der Waals surface area (Å²) in [6.07, 6.45) is -9.45. The number of carbonyl (C=O) groups is 1. The van der Waals surface area contributed by atoms with Crippen LogP contribution in [0.1, 0.15) is 30.1 Å². The number of thiazole rings is 1. The van der Waals surface area contributed by atoms with Crippen LogP contribution in [0.15, 0.2) is 35.1 Å². The van der Waals surface area contributed by atoms with E-state index in [1.807, 2.05) is 0 Å². The fourth-order valence-electron chi connectivity index (χ4n) is 2.70. The highest BCUT2D eigenvalue weighted by Gasteiger charge is 2.39. The maximum atomic E-state index is 13.6. The quantitative estimate of drug-likeness (QED) is 0.500. The summed E-state index contributed by atoms with van der Waals surface area (Å²) >= 11 is 0.584. The van der Waals surface area contributed by atoms with E-state index in [4.69, 9.17) is 0 Å². The van der Waals surface area contributed by atoms with Crippen molar-refractivity contribution >= 4 is 17.2 Å². The van der Waals surface area contributed by atoms with Gasteiger partial charge in [-0.05, 0) is 12.1 Å². The van der Waals surface area contributed by atoms with E-state index in [-0.39, 0.29) is 34.6 Å². The molecule has 1 amide bonds. The van der Waals surface area contributed by atoms with Crippen LogP contribution in [0.25, 0.3) is 22.0 Å². The van der Waals surface area contributed by atoms with Gasteiger partial charge in [0.2, 0.25) is 5.91 Å². The number of nitrogens with one attached hydrogen (secondary N) is 2. The molecule has 2 heterocycles. The SMILES string of the molecule is CC(C)C(=O)NCc1nc(C(F)(F)F)c(-c2nc(-c3ccc(C(F)(F)F)cc3)cc(=O)[nH]2)s1. The van der Waals surface area contributed by atoms with Gasteiger partial charge in [0.05, 0.1) is 17.8 Å². The average molecular weight is 490 g/mol. The van der Waals surface area contributed by atoms with E-state index in [1.54, 1.807) is 13.8 Å². The minimum absolute atomic E-state index is 0.0612. The summed E-state index contributed by atoms with van der Waals surface area (Å²) in [5.74, 6) is -1.20. The van der Waals surface area contributed by atoms with Crippen LogP contribution >= 0.6 is 11.3 Å². The normalized spacial score (nSPS) is 12.3. The first kappa shape index (κ1) is 24.4. The number of nitrogens with zero attached hydrogens (tertiary/aromatic N) is 2. The molecule has 1 aromatic carbocycles. The lowest BCUT2D eigenvalue weighted by Crippen LogP contribution is -2.27. The lowest BCUT2D eigenvalue weighted by atomic mass is 10.1. The van der Waals surface area contributed by atoms with E-state index in [0.29, 0.717) is 11.3 Å². The maximum Gasteiger partial charge on any atom is 0.434 e. The number of alkyl halides is 6. The molecule has 0 aliphatic rings. The van der Waals surface area contributed by atoms with Gasteiger partial charge in [-0.15, -0.1) is 11.3 Å². The molecule has 0 bridgehead atoms. The van der Waals surface area contributed by atoms with Gasteiger partial charge in [-0.1, -0.05) is 26.0 Å². The zero-order chi connectivity index (χ0) is 24.6. The second-order valence-electron chi connectivity index (χ2n) is 7.21. The standard InChI is InChI=1S/C20H16F6N4O2S/c1-9(2)18(32)27-8-14-30-16(20(24,25)26)15(33-14)17-28-12(7-13(31)29-17)10-3-5-11(6-4-10)19(21,22)23/h3-7,9H,8H2,1-2H3,(H,27,32)(H,28,29,31). The van der Waals surface area contributed by atoms with Crippen LogP contribution in [-0.2, 0) is 23.7 Å². The molecule has 2 aromatic heterocycles. The smallest absolute Gasteiger partial charge is 0.349 e. The van der Waals surface area contributed by atoms with Crippen molar-refractivity contribution in [3.8, 4) is 22.0 Å². The Labute approximate surface area is 186 Å². The van der Waals surface area contributed by atoms with Gasteiger partial charge < -0.3 is 10.3 Å². The van der Waals surface area contributed by atoms with Gasteiger partial charge in [0.25, 0.3) is 5.56 Å². The third kappa shape index (κ3) is 5.78. The maximum absolute atomic E-state index is 13.6. The van der Waals surface area contributed by atoms with E-state index in [2.05, 4.69) is 20.3 Å². The zero-order valence-electron chi connectivity index (χ0n) is 17.1. The molecule has 6 nitrogen and oxygen atoms in total. The summed E-state index contributed by atoms with van der Waals surface area (Å²) < 4.78 is 79.1. The number of aromatic nitrogens is 3. The number of rotatable bonds is 5. The number of hydrogen-bond acceptors (Lipinski definition) is 5. The van der Waals surface area contributed by atoms with Crippen LogP contribution in [0.3, 0.4) is 0 Å². The van der Waals surface area contributed by atoms with E-state index in [9.17, 15) is 35.9 Å². The third-order valence-electron chi connectivity index (χ3n) is 4.34. The molecule has 0 unspecified atom stereocenters. The molecule has 0 saturated carbocycles. The first-order valence-electron chi connectivity index (χ1n) is 9.39. The molecule has 0 aliphatic carbocycles. The predicted octanol–water partition coefficient (Wildman–Crippen LogP) is 4.87. The predicted molar refractivity (Wildman–Crippen MR) is 108 cm³/mol. The lowest BCUT2D eigenvalue weighted by molar-refractivity contribution is -0.140. The van der Waals surface area contributed by atoms with Crippen LogP contribution in [0.4, 0.5) is 26.3 Å². The summed E-state index contributed by atoms with van der Waals surface area (Å²) in [7, 11) is 0. The highest BCUT2D eigenvalue weighted by atomic mass is 32.1. The zero-order valence-corrected chi connectivity index (χ0v) is 17.9. The summed E-state index contributed by atoms with van der Waals surface area (Å²) in [5.41, 5.74) is -3.03. The highest BCUT2D eigenvalue weighted by Crippen LogP contribution is 2.39. The Hall–Kier alpha value is -3.22. The fraction of sp³-hybridized carbons (Fsp3) is 0.300. The van der Waals surface area contributed by atoms with Crippen molar-refractivity contribution in [1.82, 2.24) is 20.3 Å². The van der Waals surface area contributed by atoms with Gasteiger partial charge in [-0.25, -0.2) is 9.97 Å². The summed E-state index contributed by atoms with van der Waals surface area (Å²) in [6, 6.07) is 4.66. The van der Waals surface area contributed by atoms with Crippen LogP contribution in [0.2, 0.25) is 0 Å². The number of benzene rings is 1. The van der Waals surface area contributed by atoms with Crippen LogP contribution < -0.4 is 10.9 Å². The molecule has 3 rings (SSSR count). The van der Waals surface area contributed by atoms with Crippen LogP contribution in [-0.4, -0.2) is 20.9 Å². The summed E-state index contributed by atoms with van der Waals surface area (Å²) in [4.78, 5) is 33.1. The molecule has 3 aromatic rings. The Kier molecular flexibility index (Phi) is 6.63. The first-order valence-corrected chi connectivity index (χ1v) is 10.2. The minimum Gasteiger partial charge on any atom is -0.349 e. The van der Waals surface area contributed by atoms with E-state index < -0.39 is 39.9 Å². The molecule has 0 atom stereocenters. The largest absolute Gasteiger partial charge is 0.434 e. The topological polar surface area (TPSA) is 87.7 Å². The Balaban J connectivity index is 2.03. The Morgan fingerprint density at radius 2 is 1.70 bits per heavy atom. The molecular weight excluding hydrogens is 474 g/mol.